The van der Waals surface area contributed by atoms with Crippen LogP contribution < -0.4 is 15.0 Å². The lowest BCUT2D eigenvalue weighted by Crippen LogP contribution is -2.36. The molecule has 3 rings (SSSR count). The highest BCUT2D eigenvalue weighted by Crippen LogP contribution is 2.27. The first-order valence-corrected chi connectivity index (χ1v) is 9.58. The molecule has 1 fully saturated rings. The van der Waals surface area contributed by atoms with Crippen molar-refractivity contribution < 1.29 is 9.53 Å². The van der Waals surface area contributed by atoms with E-state index in [2.05, 4.69) is 21.2 Å². The summed E-state index contributed by atoms with van der Waals surface area (Å²) in [6, 6.07) is 15.0. The molecule has 0 aliphatic carbocycles. The standard InChI is InChI=1S/C21H23ClN4O2/c1-28-20-8-7-17(22)13-18(20)24-21(27)15-25-9-4-10-26(12-11-25)19-6-3-2-5-16(19)14-23/h2-3,5-8,13H,4,9-12,15H2,1H3,(H,24,27). The molecule has 1 amide bonds. The number of benzene rings is 2. The summed E-state index contributed by atoms with van der Waals surface area (Å²) in [4.78, 5) is 16.9. The molecule has 6 nitrogen and oxygen atoms in total. The van der Waals surface area contributed by atoms with E-state index in [9.17, 15) is 10.1 Å². The Labute approximate surface area is 170 Å². The molecule has 2 aromatic rings. The van der Waals surface area contributed by atoms with Crippen LogP contribution in [0.2, 0.25) is 5.02 Å². The number of nitriles is 1. The van der Waals surface area contributed by atoms with Crippen molar-refractivity contribution in [3.05, 3.63) is 53.1 Å². The van der Waals surface area contributed by atoms with E-state index in [1.165, 1.54) is 0 Å². The lowest BCUT2D eigenvalue weighted by molar-refractivity contribution is -0.117. The van der Waals surface area contributed by atoms with Gasteiger partial charge < -0.3 is 15.0 Å². The van der Waals surface area contributed by atoms with Gasteiger partial charge in [0.2, 0.25) is 5.91 Å². The van der Waals surface area contributed by atoms with Crippen LogP contribution in [0.1, 0.15) is 12.0 Å². The van der Waals surface area contributed by atoms with Gasteiger partial charge in [0.1, 0.15) is 11.8 Å². The van der Waals surface area contributed by atoms with E-state index in [4.69, 9.17) is 16.3 Å². The number of nitrogens with zero attached hydrogens (tertiary/aromatic N) is 3. The predicted octanol–water partition coefficient (Wildman–Crippen LogP) is 3.37. The predicted molar refractivity (Wildman–Crippen MR) is 111 cm³/mol. The third-order valence-electron chi connectivity index (χ3n) is 4.76. The van der Waals surface area contributed by atoms with Gasteiger partial charge in [-0.2, -0.15) is 5.26 Å². The molecule has 0 aromatic heterocycles. The maximum atomic E-state index is 12.5. The quantitative estimate of drug-likeness (QED) is 0.836. The average molecular weight is 399 g/mol. The summed E-state index contributed by atoms with van der Waals surface area (Å²) in [7, 11) is 1.56. The van der Waals surface area contributed by atoms with E-state index in [0.717, 1.165) is 38.3 Å². The SMILES string of the molecule is COc1ccc(Cl)cc1NC(=O)CN1CCCN(c2ccccc2C#N)CC1. The number of hydrogen-bond donors (Lipinski definition) is 1. The number of amides is 1. The van der Waals surface area contributed by atoms with Gasteiger partial charge in [0.05, 0.1) is 30.6 Å². The fourth-order valence-electron chi connectivity index (χ4n) is 3.38. The minimum absolute atomic E-state index is 0.105. The van der Waals surface area contributed by atoms with Crippen molar-refractivity contribution in [2.24, 2.45) is 0 Å². The van der Waals surface area contributed by atoms with Crippen molar-refractivity contribution in [1.82, 2.24) is 4.90 Å². The van der Waals surface area contributed by atoms with E-state index in [0.29, 0.717) is 28.6 Å². The third-order valence-corrected chi connectivity index (χ3v) is 4.99. The summed E-state index contributed by atoms with van der Waals surface area (Å²) in [6.45, 7) is 3.50. The molecule has 0 saturated carbocycles. The first-order valence-electron chi connectivity index (χ1n) is 9.20. The number of para-hydroxylation sites is 1. The number of rotatable bonds is 5. The van der Waals surface area contributed by atoms with Crippen LogP contribution in [0.4, 0.5) is 11.4 Å². The molecule has 1 N–H and O–H groups in total. The zero-order chi connectivity index (χ0) is 19.9. The van der Waals surface area contributed by atoms with Crippen LogP contribution in [-0.2, 0) is 4.79 Å². The number of ether oxygens (including phenoxy) is 1. The van der Waals surface area contributed by atoms with E-state index in [1.807, 2.05) is 24.3 Å². The summed E-state index contributed by atoms with van der Waals surface area (Å²) in [5, 5.41) is 12.8. The topological polar surface area (TPSA) is 68.6 Å². The third kappa shape index (κ3) is 4.94. The fourth-order valence-corrected chi connectivity index (χ4v) is 3.56. The van der Waals surface area contributed by atoms with Gasteiger partial charge >= 0.3 is 0 Å². The molecule has 0 radical (unpaired) electrons. The Kier molecular flexibility index (Phi) is 6.75. The lowest BCUT2D eigenvalue weighted by Gasteiger charge is -2.24. The van der Waals surface area contributed by atoms with Gasteiger partial charge in [-0.1, -0.05) is 23.7 Å². The minimum Gasteiger partial charge on any atom is -0.495 e. The second-order valence-electron chi connectivity index (χ2n) is 6.64. The van der Waals surface area contributed by atoms with Crippen LogP contribution in [0.5, 0.6) is 5.75 Å². The number of hydrogen-bond acceptors (Lipinski definition) is 5. The molecule has 0 spiro atoms. The zero-order valence-corrected chi connectivity index (χ0v) is 16.6. The molecule has 0 bridgehead atoms. The number of halogens is 1. The van der Waals surface area contributed by atoms with Crippen LogP contribution in [0.3, 0.4) is 0 Å². The van der Waals surface area contributed by atoms with Gasteiger partial charge in [-0.3, -0.25) is 9.69 Å². The minimum atomic E-state index is -0.105. The lowest BCUT2D eigenvalue weighted by atomic mass is 10.1. The van der Waals surface area contributed by atoms with E-state index in [1.54, 1.807) is 25.3 Å². The molecular weight excluding hydrogens is 376 g/mol. The van der Waals surface area contributed by atoms with Crippen molar-refractivity contribution in [2.75, 3.05) is 50.1 Å². The largest absolute Gasteiger partial charge is 0.495 e. The van der Waals surface area contributed by atoms with Crippen LogP contribution in [-0.4, -0.2) is 50.6 Å². The molecular formula is C21H23ClN4O2. The molecule has 146 valence electrons. The summed E-state index contributed by atoms with van der Waals surface area (Å²) in [5.41, 5.74) is 2.21. The van der Waals surface area contributed by atoms with Gasteiger partial charge in [0.25, 0.3) is 0 Å². The van der Waals surface area contributed by atoms with Crippen molar-refractivity contribution in [2.45, 2.75) is 6.42 Å². The maximum Gasteiger partial charge on any atom is 0.238 e. The maximum absolute atomic E-state index is 12.5. The molecule has 0 atom stereocenters. The average Bonchev–Trinajstić information content (AvgIpc) is 2.93. The van der Waals surface area contributed by atoms with Crippen LogP contribution in [0, 0.1) is 11.3 Å². The van der Waals surface area contributed by atoms with Crippen LogP contribution in [0.25, 0.3) is 0 Å². The van der Waals surface area contributed by atoms with Gasteiger partial charge in [0, 0.05) is 31.2 Å². The zero-order valence-electron chi connectivity index (χ0n) is 15.8. The Hall–Kier alpha value is -2.75. The Morgan fingerprint density at radius 3 is 2.82 bits per heavy atom. The second kappa shape index (κ2) is 9.45. The second-order valence-corrected chi connectivity index (χ2v) is 7.07. The highest BCUT2D eigenvalue weighted by atomic mass is 35.5. The summed E-state index contributed by atoms with van der Waals surface area (Å²) >= 11 is 6.02. The molecule has 28 heavy (non-hydrogen) atoms. The monoisotopic (exact) mass is 398 g/mol. The van der Waals surface area contributed by atoms with E-state index < -0.39 is 0 Å². The highest BCUT2D eigenvalue weighted by molar-refractivity contribution is 6.31. The van der Waals surface area contributed by atoms with Crippen molar-refractivity contribution in [3.8, 4) is 11.8 Å². The van der Waals surface area contributed by atoms with Crippen molar-refractivity contribution in [3.63, 3.8) is 0 Å². The number of anilines is 2. The Morgan fingerprint density at radius 2 is 2.04 bits per heavy atom. The van der Waals surface area contributed by atoms with Crippen LogP contribution in [0.15, 0.2) is 42.5 Å². The number of carbonyl (C=O) groups is 1. The molecule has 1 saturated heterocycles. The molecule has 0 unspecified atom stereocenters. The molecule has 7 heteroatoms. The molecule has 1 heterocycles. The Balaban J connectivity index is 1.60. The fraction of sp³-hybridized carbons (Fsp3) is 0.333. The molecule has 2 aromatic carbocycles. The molecule has 1 aliphatic heterocycles. The number of methoxy groups -OCH3 is 1. The van der Waals surface area contributed by atoms with Gasteiger partial charge in [0.15, 0.2) is 0 Å². The van der Waals surface area contributed by atoms with Crippen molar-refractivity contribution >= 4 is 28.9 Å². The van der Waals surface area contributed by atoms with E-state index in [-0.39, 0.29) is 5.91 Å². The molecule has 1 aliphatic rings. The first-order chi connectivity index (χ1) is 13.6. The normalized spacial score (nSPS) is 14.8. The van der Waals surface area contributed by atoms with Crippen LogP contribution >= 0.6 is 11.6 Å². The smallest absolute Gasteiger partial charge is 0.238 e. The van der Waals surface area contributed by atoms with Gasteiger partial charge in [-0.15, -0.1) is 0 Å². The highest BCUT2D eigenvalue weighted by Gasteiger charge is 2.19. The summed E-state index contributed by atoms with van der Waals surface area (Å²) < 4.78 is 5.28. The number of carbonyl (C=O) groups excluding carboxylic acids is 1. The van der Waals surface area contributed by atoms with Gasteiger partial charge in [-0.05, 0) is 36.8 Å². The Bertz CT molecular complexity index is 881. The number of nitrogens with one attached hydrogen (secondary N) is 1. The first kappa shape index (κ1) is 20.0. The summed E-state index contributed by atoms with van der Waals surface area (Å²) in [5.74, 6) is 0.472. The van der Waals surface area contributed by atoms with E-state index >= 15 is 0 Å². The Morgan fingerprint density at radius 1 is 1.21 bits per heavy atom. The summed E-state index contributed by atoms with van der Waals surface area (Å²) in [6.07, 6.45) is 0.924. The van der Waals surface area contributed by atoms with Crippen molar-refractivity contribution in [1.29, 1.82) is 5.26 Å². The van der Waals surface area contributed by atoms with Gasteiger partial charge in [-0.25, -0.2) is 0 Å².